The molecule has 1 N–H and O–H groups in total. The van der Waals surface area contributed by atoms with Gasteiger partial charge in [0.05, 0.1) is 0 Å². The van der Waals surface area contributed by atoms with Crippen molar-refractivity contribution in [2.45, 2.75) is 13.5 Å². The lowest BCUT2D eigenvalue weighted by atomic mass is 10.1. The number of nitrogens with one attached hydrogen (secondary N) is 1. The molecule has 0 aliphatic heterocycles. The van der Waals surface area contributed by atoms with Crippen molar-refractivity contribution in [2.75, 3.05) is 0 Å². The minimum absolute atomic E-state index is 0.223. The molecule has 4 rings (SSSR count). The first kappa shape index (κ1) is 20.2. The molecule has 31 heavy (non-hydrogen) atoms. The van der Waals surface area contributed by atoms with Gasteiger partial charge < -0.3 is 10.1 Å². The third-order valence-corrected chi connectivity index (χ3v) is 4.65. The fraction of sp³-hybridized carbons (Fsp3) is 0.0800. The van der Waals surface area contributed by atoms with Crippen LogP contribution in [0.2, 0.25) is 0 Å². The van der Waals surface area contributed by atoms with Crippen LogP contribution in [0.25, 0.3) is 11.4 Å². The third-order valence-electron chi connectivity index (χ3n) is 4.65. The van der Waals surface area contributed by atoms with Gasteiger partial charge in [0, 0.05) is 29.9 Å². The highest BCUT2D eigenvalue weighted by atomic mass is 19.1. The van der Waals surface area contributed by atoms with Crippen LogP contribution in [0.3, 0.4) is 0 Å². The van der Waals surface area contributed by atoms with Crippen LogP contribution in [0.15, 0.2) is 85.1 Å². The Kier molecular flexibility index (Phi) is 5.98. The summed E-state index contributed by atoms with van der Waals surface area (Å²) in [5.41, 5.74) is 3.39. The van der Waals surface area contributed by atoms with Crippen LogP contribution in [-0.4, -0.2) is 15.9 Å². The molecule has 0 aliphatic carbocycles. The predicted molar refractivity (Wildman–Crippen MR) is 116 cm³/mol. The molecule has 0 unspecified atom stereocenters. The number of rotatable bonds is 6. The van der Waals surface area contributed by atoms with Gasteiger partial charge in [-0.25, -0.2) is 9.37 Å². The lowest BCUT2D eigenvalue weighted by Gasteiger charge is -2.08. The number of carbonyl (C=O) groups excluding carboxylic acids is 1. The summed E-state index contributed by atoms with van der Waals surface area (Å²) in [6.45, 7) is 2.34. The zero-order valence-electron chi connectivity index (χ0n) is 16.9. The van der Waals surface area contributed by atoms with Gasteiger partial charge in [-0.15, -0.1) is 0 Å². The molecule has 6 heteroatoms. The van der Waals surface area contributed by atoms with Crippen molar-refractivity contribution >= 4 is 5.91 Å². The summed E-state index contributed by atoms with van der Waals surface area (Å²) in [4.78, 5) is 21.1. The summed E-state index contributed by atoms with van der Waals surface area (Å²) < 4.78 is 18.8. The molecular formula is C25H20FN3O2. The van der Waals surface area contributed by atoms with Crippen LogP contribution in [-0.2, 0) is 6.54 Å². The molecule has 4 aromatic rings. The van der Waals surface area contributed by atoms with Gasteiger partial charge in [-0.2, -0.15) is 4.98 Å². The number of amides is 1. The fourth-order valence-electron chi connectivity index (χ4n) is 2.92. The first-order valence-corrected chi connectivity index (χ1v) is 9.77. The summed E-state index contributed by atoms with van der Waals surface area (Å²) in [6.07, 6.45) is 1.65. The second-order valence-electron chi connectivity index (χ2n) is 7.02. The van der Waals surface area contributed by atoms with Crippen molar-refractivity contribution < 1.29 is 13.9 Å². The molecule has 0 aliphatic rings. The maximum atomic E-state index is 13.0. The van der Waals surface area contributed by atoms with Crippen molar-refractivity contribution in [3.8, 4) is 23.0 Å². The number of nitrogens with zero attached hydrogens (tertiary/aromatic N) is 2. The van der Waals surface area contributed by atoms with Crippen LogP contribution in [0.5, 0.6) is 11.6 Å². The van der Waals surface area contributed by atoms with E-state index in [1.54, 1.807) is 48.7 Å². The van der Waals surface area contributed by atoms with E-state index in [-0.39, 0.29) is 11.7 Å². The second kappa shape index (κ2) is 9.17. The van der Waals surface area contributed by atoms with E-state index in [0.29, 0.717) is 29.6 Å². The largest absolute Gasteiger partial charge is 0.439 e. The van der Waals surface area contributed by atoms with E-state index in [1.165, 1.54) is 12.1 Å². The molecule has 0 radical (unpaired) electrons. The average Bonchev–Trinajstić information content (AvgIpc) is 2.80. The summed E-state index contributed by atoms with van der Waals surface area (Å²) >= 11 is 0. The van der Waals surface area contributed by atoms with E-state index in [2.05, 4.69) is 15.3 Å². The van der Waals surface area contributed by atoms with E-state index in [0.717, 1.165) is 16.7 Å². The summed E-state index contributed by atoms with van der Waals surface area (Å²) in [6, 6.07) is 22.4. The van der Waals surface area contributed by atoms with Crippen molar-refractivity contribution in [1.29, 1.82) is 0 Å². The van der Waals surface area contributed by atoms with Gasteiger partial charge in [0.25, 0.3) is 5.91 Å². The lowest BCUT2D eigenvalue weighted by Crippen LogP contribution is -2.22. The predicted octanol–water partition coefficient (Wildman–Crippen LogP) is 5.31. The van der Waals surface area contributed by atoms with Crippen LogP contribution in [0.4, 0.5) is 4.39 Å². The molecule has 154 valence electrons. The van der Waals surface area contributed by atoms with Crippen molar-refractivity contribution in [3.05, 3.63) is 108 Å². The van der Waals surface area contributed by atoms with Crippen LogP contribution in [0.1, 0.15) is 21.5 Å². The Balaban J connectivity index is 1.39. The Morgan fingerprint density at radius 3 is 2.35 bits per heavy atom. The fourth-order valence-corrected chi connectivity index (χ4v) is 2.92. The monoisotopic (exact) mass is 413 g/mol. The Bertz CT molecular complexity index is 1170. The molecule has 0 saturated heterocycles. The van der Waals surface area contributed by atoms with Crippen LogP contribution >= 0.6 is 0 Å². The number of hydrogen-bond donors (Lipinski definition) is 1. The molecule has 3 aromatic carbocycles. The minimum Gasteiger partial charge on any atom is -0.439 e. The quantitative estimate of drug-likeness (QED) is 0.465. The zero-order valence-corrected chi connectivity index (χ0v) is 16.9. The topological polar surface area (TPSA) is 64.1 Å². The summed E-state index contributed by atoms with van der Waals surface area (Å²) in [7, 11) is 0. The maximum Gasteiger partial charge on any atom is 0.251 e. The first-order chi connectivity index (χ1) is 15.1. The number of ether oxygens (including phenoxy) is 1. The molecule has 5 nitrogen and oxygen atoms in total. The number of carbonyl (C=O) groups is 1. The Morgan fingerprint density at radius 2 is 1.65 bits per heavy atom. The van der Waals surface area contributed by atoms with Gasteiger partial charge in [-0.3, -0.25) is 4.79 Å². The van der Waals surface area contributed by atoms with Gasteiger partial charge in [0.1, 0.15) is 11.6 Å². The first-order valence-electron chi connectivity index (χ1n) is 9.77. The number of aromatic nitrogens is 2. The number of hydrogen-bond acceptors (Lipinski definition) is 4. The Hall–Kier alpha value is -4.06. The molecule has 0 fully saturated rings. The third kappa shape index (κ3) is 5.30. The van der Waals surface area contributed by atoms with E-state index in [1.807, 2.05) is 31.2 Å². The van der Waals surface area contributed by atoms with E-state index in [4.69, 9.17) is 4.74 Å². The normalized spacial score (nSPS) is 10.5. The zero-order chi connectivity index (χ0) is 21.6. The van der Waals surface area contributed by atoms with Crippen LogP contribution < -0.4 is 10.1 Å². The summed E-state index contributed by atoms with van der Waals surface area (Å²) in [5, 5.41) is 2.81. The SMILES string of the molecule is Cc1ccc(-c2nccc(Oc3ccc(C(=O)NCc4ccc(F)cc4)cc3)n2)cc1. The van der Waals surface area contributed by atoms with Crippen molar-refractivity contribution in [2.24, 2.45) is 0 Å². The summed E-state index contributed by atoms with van der Waals surface area (Å²) in [5.74, 6) is 1.02. The molecule has 1 heterocycles. The van der Waals surface area contributed by atoms with Gasteiger partial charge >= 0.3 is 0 Å². The molecule has 0 atom stereocenters. The highest BCUT2D eigenvalue weighted by Crippen LogP contribution is 2.23. The highest BCUT2D eigenvalue weighted by Gasteiger charge is 2.08. The number of benzene rings is 3. The smallest absolute Gasteiger partial charge is 0.251 e. The highest BCUT2D eigenvalue weighted by molar-refractivity contribution is 5.94. The molecule has 0 spiro atoms. The van der Waals surface area contributed by atoms with Crippen molar-refractivity contribution in [1.82, 2.24) is 15.3 Å². The van der Waals surface area contributed by atoms with Crippen LogP contribution in [0, 0.1) is 12.7 Å². The van der Waals surface area contributed by atoms with Gasteiger partial charge in [-0.05, 0) is 48.9 Å². The van der Waals surface area contributed by atoms with Crippen molar-refractivity contribution in [3.63, 3.8) is 0 Å². The van der Waals surface area contributed by atoms with Gasteiger partial charge in [-0.1, -0.05) is 42.0 Å². The van der Waals surface area contributed by atoms with E-state index in [9.17, 15) is 9.18 Å². The molecule has 0 bridgehead atoms. The standard InChI is InChI=1S/C25H20FN3O2/c1-17-2-6-19(7-3-17)24-27-15-14-23(29-24)31-22-12-8-20(9-13-22)25(30)28-16-18-4-10-21(26)11-5-18/h2-15H,16H2,1H3,(H,28,30). The minimum atomic E-state index is -0.305. The van der Waals surface area contributed by atoms with Gasteiger partial charge in [0.2, 0.25) is 5.88 Å². The lowest BCUT2D eigenvalue weighted by molar-refractivity contribution is 0.0951. The number of halogens is 1. The Labute approximate surface area is 179 Å². The van der Waals surface area contributed by atoms with E-state index >= 15 is 0 Å². The molecule has 1 amide bonds. The average molecular weight is 413 g/mol. The molecule has 1 aromatic heterocycles. The molecular weight excluding hydrogens is 393 g/mol. The maximum absolute atomic E-state index is 13.0. The van der Waals surface area contributed by atoms with E-state index < -0.39 is 0 Å². The second-order valence-corrected chi connectivity index (χ2v) is 7.02. The Morgan fingerprint density at radius 1 is 0.935 bits per heavy atom. The molecule has 0 saturated carbocycles. The number of aryl methyl sites for hydroxylation is 1. The van der Waals surface area contributed by atoms with Gasteiger partial charge in [0.15, 0.2) is 5.82 Å².